The van der Waals surface area contributed by atoms with Gasteiger partial charge in [0.1, 0.15) is 11.3 Å². The highest BCUT2D eigenvalue weighted by atomic mass is 32.1. The molecule has 3 rings (SSSR count). The van der Waals surface area contributed by atoms with Crippen molar-refractivity contribution in [3.05, 3.63) is 64.2 Å². The fourth-order valence-electron chi connectivity index (χ4n) is 2.76. The van der Waals surface area contributed by atoms with Gasteiger partial charge in [0.05, 0.1) is 16.7 Å². The minimum absolute atomic E-state index is 0.00880. The Balaban J connectivity index is 1.87. The standard InChI is InChI=1S/C21H22N4O4S/c1-23(2)13-14-24(21-22-20-17(29-3)5-4-6-18(20)30-21)19(26)12-9-15-7-10-16(11-8-15)25(27)28/h4-12H,13-14H2,1-3H3/b12-9-. The predicted molar refractivity (Wildman–Crippen MR) is 119 cm³/mol. The second kappa shape index (κ2) is 9.47. The second-order valence-electron chi connectivity index (χ2n) is 6.78. The number of benzene rings is 2. The number of ether oxygens (including phenoxy) is 1. The molecule has 0 bridgehead atoms. The number of likely N-dealkylation sites (N-methyl/N-ethyl adjacent to an activating group) is 1. The molecule has 30 heavy (non-hydrogen) atoms. The molecule has 0 unspecified atom stereocenters. The fraction of sp³-hybridized carbons (Fsp3) is 0.238. The first-order valence-electron chi connectivity index (χ1n) is 9.21. The molecule has 8 nitrogen and oxygen atoms in total. The summed E-state index contributed by atoms with van der Waals surface area (Å²) in [6, 6.07) is 11.7. The molecule has 9 heteroatoms. The molecule has 0 radical (unpaired) electrons. The third kappa shape index (κ3) is 5.00. The SMILES string of the molecule is COc1cccc2sc(N(CCN(C)C)C(=O)/C=C\c3ccc([N+](=O)[O-])cc3)nc12. The Morgan fingerprint density at radius 1 is 1.20 bits per heavy atom. The molecule has 0 aliphatic carbocycles. The summed E-state index contributed by atoms with van der Waals surface area (Å²) in [6.07, 6.45) is 3.10. The maximum atomic E-state index is 13.0. The van der Waals surface area contributed by atoms with Gasteiger partial charge in [0.2, 0.25) is 0 Å². The van der Waals surface area contributed by atoms with Crippen LogP contribution in [-0.4, -0.2) is 55.0 Å². The number of methoxy groups -OCH3 is 1. The van der Waals surface area contributed by atoms with E-state index in [1.165, 1.54) is 29.5 Å². The number of carbonyl (C=O) groups excluding carboxylic acids is 1. The van der Waals surface area contributed by atoms with E-state index in [0.717, 1.165) is 10.2 Å². The number of anilines is 1. The molecule has 0 saturated carbocycles. The lowest BCUT2D eigenvalue weighted by Gasteiger charge is -2.20. The van der Waals surface area contributed by atoms with Gasteiger partial charge in [-0.15, -0.1) is 0 Å². The molecule has 0 fully saturated rings. The largest absolute Gasteiger partial charge is 0.494 e. The van der Waals surface area contributed by atoms with Crippen molar-refractivity contribution >= 4 is 44.4 Å². The lowest BCUT2D eigenvalue weighted by molar-refractivity contribution is -0.384. The Morgan fingerprint density at radius 3 is 2.57 bits per heavy atom. The van der Waals surface area contributed by atoms with Crippen LogP contribution in [0.5, 0.6) is 5.75 Å². The summed E-state index contributed by atoms with van der Waals surface area (Å²) >= 11 is 1.43. The second-order valence-corrected chi connectivity index (χ2v) is 7.79. The number of nitrogens with zero attached hydrogens (tertiary/aromatic N) is 4. The summed E-state index contributed by atoms with van der Waals surface area (Å²) in [6.45, 7) is 1.14. The van der Waals surface area contributed by atoms with Gasteiger partial charge in [-0.3, -0.25) is 19.8 Å². The van der Waals surface area contributed by atoms with Crippen LogP contribution in [0.2, 0.25) is 0 Å². The maximum absolute atomic E-state index is 13.0. The van der Waals surface area contributed by atoms with Crippen molar-refractivity contribution in [1.29, 1.82) is 0 Å². The van der Waals surface area contributed by atoms with Crippen LogP contribution >= 0.6 is 11.3 Å². The normalized spacial score (nSPS) is 11.3. The van der Waals surface area contributed by atoms with Gasteiger partial charge in [-0.1, -0.05) is 17.4 Å². The van der Waals surface area contributed by atoms with Crippen LogP contribution < -0.4 is 9.64 Å². The van der Waals surface area contributed by atoms with Gasteiger partial charge < -0.3 is 9.64 Å². The van der Waals surface area contributed by atoms with Crippen molar-refractivity contribution in [3.63, 3.8) is 0 Å². The molecule has 0 N–H and O–H groups in total. The van der Waals surface area contributed by atoms with Crippen molar-refractivity contribution < 1.29 is 14.5 Å². The first-order valence-corrected chi connectivity index (χ1v) is 10.0. The highest BCUT2D eigenvalue weighted by Gasteiger charge is 2.19. The lowest BCUT2D eigenvalue weighted by Crippen LogP contribution is -2.35. The number of nitro groups is 1. The number of nitro benzene ring substituents is 1. The summed E-state index contributed by atoms with van der Waals surface area (Å²) < 4.78 is 6.32. The number of rotatable bonds is 8. The summed E-state index contributed by atoms with van der Waals surface area (Å²) in [5, 5.41) is 11.4. The third-order valence-electron chi connectivity index (χ3n) is 4.38. The molecule has 1 aromatic heterocycles. The molecule has 0 aliphatic rings. The van der Waals surface area contributed by atoms with Gasteiger partial charge >= 0.3 is 0 Å². The first-order chi connectivity index (χ1) is 14.4. The summed E-state index contributed by atoms with van der Waals surface area (Å²) in [5.41, 5.74) is 1.43. The zero-order valence-electron chi connectivity index (χ0n) is 16.9. The zero-order chi connectivity index (χ0) is 21.7. The predicted octanol–water partition coefficient (Wildman–Crippen LogP) is 3.82. The van der Waals surface area contributed by atoms with E-state index in [9.17, 15) is 14.9 Å². The lowest BCUT2D eigenvalue weighted by atomic mass is 10.2. The van der Waals surface area contributed by atoms with Crippen LogP contribution in [0.15, 0.2) is 48.5 Å². The molecule has 0 spiro atoms. The number of hydrogen-bond donors (Lipinski definition) is 0. The summed E-state index contributed by atoms with van der Waals surface area (Å²) in [7, 11) is 5.48. The Kier molecular flexibility index (Phi) is 6.76. The van der Waals surface area contributed by atoms with E-state index in [-0.39, 0.29) is 11.6 Å². The molecule has 1 amide bonds. The number of non-ortho nitro benzene ring substituents is 1. The Morgan fingerprint density at radius 2 is 1.93 bits per heavy atom. The van der Waals surface area contributed by atoms with E-state index < -0.39 is 4.92 Å². The number of aromatic nitrogens is 1. The van der Waals surface area contributed by atoms with Crippen molar-refractivity contribution in [2.24, 2.45) is 0 Å². The van der Waals surface area contributed by atoms with E-state index in [0.29, 0.717) is 29.5 Å². The molecule has 2 aromatic carbocycles. The molecular weight excluding hydrogens is 404 g/mol. The number of amides is 1. The van der Waals surface area contributed by atoms with Crippen LogP contribution in [-0.2, 0) is 4.79 Å². The van der Waals surface area contributed by atoms with Crippen molar-refractivity contribution in [2.45, 2.75) is 0 Å². The van der Waals surface area contributed by atoms with Crippen LogP contribution in [0.3, 0.4) is 0 Å². The van der Waals surface area contributed by atoms with Crippen LogP contribution in [0.25, 0.3) is 16.3 Å². The number of hydrogen-bond acceptors (Lipinski definition) is 7. The third-order valence-corrected chi connectivity index (χ3v) is 5.42. The molecule has 0 atom stereocenters. The molecule has 3 aromatic rings. The quantitative estimate of drug-likeness (QED) is 0.309. The highest BCUT2D eigenvalue weighted by molar-refractivity contribution is 7.22. The summed E-state index contributed by atoms with van der Waals surface area (Å²) in [4.78, 5) is 31.6. The van der Waals surface area contributed by atoms with Gasteiger partial charge in [0, 0.05) is 31.3 Å². The minimum atomic E-state index is -0.455. The van der Waals surface area contributed by atoms with Crippen LogP contribution in [0.1, 0.15) is 5.56 Å². The first kappa shape index (κ1) is 21.4. The average Bonchev–Trinajstić information content (AvgIpc) is 3.16. The minimum Gasteiger partial charge on any atom is -0.494 e. The van der Waals surface area contributed by atoms with Gasteiger partial charge in [-0.25, -0.2) is 4.98 Å². The number of carbonyl (C=O) groups is 1. The van der Waals surface area contributed by atoms with E-state index in [1.807, 2.05) is 37.2 Å². The van der Waals surface area contributed by atoms with Gasteiger partial charge in [0.15, 0.2) is 5.13 Å². The van der Waals surface area contributed by atoms with Gasteiger partial charge in [-0.2, -0.15) is 0 Å². The number of para-hydroxylation sites is 1. The van der Waals surface area contributed by atoms with Crippen molar-refractivity contribution in [3.8, 4) is 5.75 Å². The molecule has 156 valence electrons. The van der Waals surface area contributed by atoms with Crippen LogP contribution in [0.4, 0.5) is 10.8 Å². The monoisotopic (exact) mass is 426 g/mol. The topological polar surface area (TPSA) is 88.8 Å². The smallest absolute Gasteiger partial charge is 0.269 e. The average molecular weight is 426 g/mol. The van der Waals surface area contributed by atoms with Gasteiger partial charge in [-0.05, 0) is 50.0 Å². The zero-order valence-corrected chi connectivity index (χ0v) is 17.8. The van der Waals surface area contributed by atoms with Gasteiger partial charge in [0.25, 0.3) is 11.6 Å². The molecule has 0 aliphatic heterocycles. The number of thiazole rings is 1. The van der Waals surface area contributed by atoms with E-state index in [2.05, 4.69) is 4.98 Å². The van der Waals surface area contributed by atoms with E-state index >= 15 is 0 Å². The highest BCUT2D eigenvalue weighted by Crippen LogP contribution is 2.34. The van der Waals surface area contributed by atoms with Crippen molar-refractivity contribution in [1.82, 2.24) is 9.88 Å². The van der Waals surface area contributed by atoms with Crippen molar-refractivity contribution in [2.75, 3.05) is 39.2 Å². The Bertz CT molecular complexity index is 1080. The Hall–Kier alpha value is -3.30. The van der Waals surface area contributed by atoms with E-state index in [1.54, 1.807) is 30.2 Å². The molecular formula is C21H22N4O4S. The number of fused-ring (bicyclic) bond motifs is 1. The maximum Gasteiger partial charge on any atom is 0.269 e. The molecule has 0 saturated heterocycles. The van der Waals surface area contributed by atoms with E-state index in [4.69, 9.17) is 4.74 Å². The van der Waals surface area contributed by atoms with Crippen LogP contribution in [0, 0.1) is 10.1 Å². The Labute approximate surface area is 178 Å². The summed E-state index contributed by atoms with van der Waals surface area (Å²) in [5.74, 6) is 0.449. The molecule has 1 heterocycles. The fourth-order valence-corrected chi connectivity index (χ4v) is 3.77.